The molecule has 0 aromatic heterocycles. The molecule has 35 heavy (non-hydrogen) atoms. The van der Waals surface area contributed by atoms with Crippen LogP contribution in [-0.4, -0.2) is 60.9 Å². The van der Waals surface area contributed by atoms with Gasteiger partial charge in [-0.1, -0.05) is 60.7 Å². The molecule has 0 radical (unpaired) electrons. The first-order valence-electron chi connectivity index (χ1n) is 11.9. The molecule has 7 nitrogen and oxygen atoms in total. The summed E-state index contributed by atoms with van der Waals surface area (Å²) < 4.78 is 11.5. The predicted octanol–water partition coefficient (Wildman–Crippen LogP) is 3.11. The third-order valence-corrected chi connectivity index (χ3v) is 5.86. The summed E-state index contributed by atoms with van der Waals surface area (Å²) in [7, 11) is 0. The van der Waals surface area contributed by atoms with E-state index in [4.69, 9.17) is 9.47 Å². The Balaban J connectivity index is 1.12. The lowest BCUT2D eigenvalue weighted by Gasteiger charge is -2.34. The summed E-state index contributed by atoms with van der Waals surface area (Å²) in [6, 6.07) is 27.1. The molecule has 1 aliphatic heterocycles. The van der Waals surface area contributed by atoms with Gasteiger partial charge in [0.05, 0.1) is 6.54 Å². The quantitative estimate of drug-likeness (QED) is 0.490. The largest absolute Gasteiger partial charge is 0.489 e. The fraction of sp³-hybridized carbons (Fsp3) is 0.286. The number of carbonyl (C=O) groups excluding carboxylic acids is 2. The molecule has 3 aromatic carbocycles. The van der Waals surface area contributed by atoms with Crippen molar-refractivity contribution in [3.8, 4) is 11.5 Å². The number of amides is 2. The number of benzene rings is 3. The predicted molar refractivity (Wildman–Crippen MR) is 134 cm³/mol. The Hall–Kier alpha value is -3.84. The van der Waals surface area contributed by atoms with E-state index >= 15 is 0 Å². The lowest BCUT2D eigenvalue weighted by molar-refractivity contribution is -0.135. The Bertz CT molecular complexity index is 1070. The second-order valence-corrected chi connectivity index (χ2v) is 8.45. The fourth-order valence-electron chi connectivity index (χ4n) is 3.82. The van der Waals surface area contributed by atoms with Gasteiger partial charge in [0, 0.05) is 32.7 Å². The van der Waals surface area contributed by atoms with E-state index in [1.54, 1.807) is 17.0 Å². The number of ether oxygens (including phenoxy) is 2. The van der Waals surface area contributed by atoms with Crippen molar-refractivity contribution in [2.24, 2.45) is 0 Å². The number of nitrogens with one attached hydrogen (secondary N) is 1. The first kappa shape index (κ1) is 24.3. The molecule has 0 saturated carbocycles. The molecular weight excluding hydrogens is 442 g/mol. The minimum atomic E-state index is -0.0532. The molecule has 2 amide bonds. The summed E-state index contributed by atoms with van der Waals surface area (Å²) in [6.07, 6.45) is 0. The van der Waals surface area contributed by atoms with Crippen LogP contribution in [0.1, 0.15) is 11.1 Å². The fourth-order valence-corrected chi connectivity index (χ4v) is 3.82. The monoisotopic (exact) mass is 473 g/mol. The van der Waals surface area contributed by atoms with Gasteiger partial charge >= 0.3 is 0 Å². The Kier molecular flexibility index (Phi) is 8.73. The maximum Gasteiger partial charge on any atom is 0.260 e. The van der Waals surface area contributed by atoms with Crippen molar-refractivity contribution in [2.45, 2.75) is 13.2 Å². The smallest absolute Gasteiger partial charge is 0.260 e. The van der Waals surface area contributed by atoms with E-state index in [1.807, 2.05) is 72.8 Å². The average molecular weight is 474 g/mol. The van der Waals surface area contributed by atoms with Gasteiger partial charge in [-0.3, -0.25) is 14.5 Å². The number of nitrogens with zero attached hydrogens (tertiary/aromatic N) is 2. The van der Waals surface area contributed by atoms with E-state index in [2.05, 4.69) is 10.2 Å². The summed E-state index contributed by atoms with van der Waals surface area (Å²) >= 11 is 0. The zero-order valence-corrected chi connectivity index (χ0v) is 19.8. The number of rotatable bonds is 10. The average Bonchev–Trinajstić information content (AvgIpc) is 2.91. The molecular formula is C28H31N3O4. The van der Waals surface area contributed by atoms with Gasteiger partial charge in [-0.25, -0.2) is 0 Å². The van der Waals surface area contributed by atoms with Gasteiger partial charge in [-0.05, 0) is 35.4 Å². The number of carbonyl (C=O) groups is 2. The summed E-state index contributed by atoms with van der Waals surface area (Å²) in [5, 5.41) is 2.95. The summed E-state index contributed by atoms with van der Waals surface area (Å²) in [5.74, 6) is 1.31. The van der Waals surface area contributed by atoms with Crippen molar-refractivity contribution >= 4 is 11.8 Å². The molecule has 0 unspecified atom stereocenters. The van der Waals surface area contributed by atoms with Crippen molar-refractivity contribution in [1.82, 2.24) is 15.1 Å². The molecule has 0 aliphatic carbocycles. The number of hydrogen-bond donors (Lipinski definition) is 1. The molecule has 4 rings (SSSR count). The van der Waals surface area contributed by atoms with Gasteiger partial charge in [0.1, 0.15) is 18.1 Å². The van der Waals surface area contributed by atoms with E-state index in [9.17, 15) is 9.59 Å². The van der Waals surface area contributed by atoms with Crippen molar-refractivity contribution < 1.29 is 19.1 Å². The summed E-state index contributed by atoms with van der Waals surface area (Å²) in [6.45, 7) is 3.85. The number of piperazine rings is 1. The molecule has 7 heteroatoms. The van der Waals surface area contributed by atoms with E-state index in [-0.39, 0.29) is 18.4 Å². The van der Waals surface area contributed by atoms with Crippen LogP contribution in [0.2, 0.25) is 0 Å². The van der Waals surface area contributed by atoms with E-state index < -0.39 is 0 Å². The highest BCUT2D eigenvalue weighted by atomic mass is 16.5. The summed E-state index contributed by atoms with van der Waals surface area (Å²) in [4.78, 5) is 28.7. The SMILES string of the molecule is O=C(CN1CCN(C(=O)COc2ccc(OCc3ccccc3)cc2)CC1)NCc1ccccc1. The Morgan fingerprint density at radius 2 is 1.29 bits per heavy atom. The van der Waals surface area contributed by atoms with Crippen molar-refractivity contribution in [2.75, 3.05) is 39.3 Å². The van der Waals surface area contributed by atoms with Crippen LogP contribution >= 0.6 is 0 Å². The lowest BCUT2D eigenvalue weighted by atomic mass is 10.2. The first-order valence-corrected chi connectivity index (χ1v) is 11.9. The van der Waals surface area contributed by atoms with Gasteiger partial charge in [-0.15, -0.1) is 0 Å². The number of hydrogen-bond acceptors (Lipinski definition) is 5. The summed E-state index contributed by atoms with van der Waals surface area (Å²) in [5.41, 5.74) is 2.18. The Labute approximate surface area is 206 Å². The van der Waals surface area contributed by atoms with Crippen LogP contribution in [-0.2, 0) is 22.7 Å². The molecule has 0 atom stereocenters. The van der Waals surface area contributed by atoms with Gasteiger partial charge < -0.3 is 19.7 Å². The van der Waals surface area contributed by atoms with Crippen LogP contribution in [0.4, 0.5) is 0 Å². The lowest BCUT2D eigenvalue weighted by Crippen LogP contribution is -2.52. The van der Waals surface area contributed by atoms with Crippen LogP contribution in [0, 0.1) is 0 Å². The minimum Gasteiger partial charge on any atom is -0.489 e. The standard InChI is InChI=1S/C28H31N3O4/c32-27(29-19-23-7-3-1-4-8-23)20-30-15-17-31(18-16-30)28(33)22-35-26-13-11-25(12-14-26)34-21-24-9-5-2-6-10-24/h1-14H,15-22H2,(H,29,32). The second-order valence-electron chi connectivity index (χ2n) is 8.45. The molecule has 1 N–H and O–H groups in total. The van der Waals surface area contributed by atoms with Crippen LogP contribution < -0.4 is 14.8 Å². The van der Waals surface area contributed by atoms with E-state index in [1.165, 1.54) is 0 Å². The first-order chi connectivity index (χ1) is 17.2. The third-order valence-electron chi connectivity index (χ3n) is 5.86. The van der Waals surface area contributed by atoms with Crippen LogP contribution in [0.25, 0.3) is 0 Å². The molecule has 1 heterocycles. The van der Waals surface area contributed by atoms with Gasteiger partial charge in [0.2, 0.25) is 5.91 Å². The Morgan fingerprint density at radius 1 is 0.714 bits per heavy atom. The highest BCUT2D eigenvalue weighted by Crippen LogP contribution is 2.19. The normalized spacial score (nSPS) is 13.8. The van der Waals surface area contributed by atoms with Crippen molar-refractivity contribution in [3.63, 3.8) is 0 Å². The maximum absolute atomic E-state index is 12.6. The molecule has 182 valence electrons. The second kappa shape index (κ2) is 12.6. The molecule has 1 aliphatic rings. The van der Waals surface area contributed by atoms with Crippen molar-refractivity contribution in [1.29, 1.82) is 0 Å². The third kappa shape index (κ3) is 7.86. The maximum atomic E-state index is 12.6. The van der Waals surface area contributed by atoms with E-state index in [0.29, 0.717) is 51.6 Å². The van der Waals surface area contributed by atoms with Crippen LogP contribution in [0.15, 0.2) is 84.9 Å². The highest BCUT2D eigenvalue weighted by Gasteiger charge is 2.22. The van der Waals surface area contributed by atoms with Gasteiger partial charge in [0.25, 0.3) is 5.91 Å². The molecule has 1 saturated heterocycles. The van der Waals surface area contributed by atoms with Gasteiger partial charge in [0.15, 0.2) is 6.61 Å². The van der Waals surface area contributed by atoms with Crippen LogP contribution in [0.3, 0.4) is 0 Å². The highest BCUT2D eigenvalue weighted by molar-refractivity contribution is 5.79. The zero-order chi connectivity index (χ0) is 24.3. The zero-order valence-electron chi connectivity index (χ0n) is 19.8. The molecule has 0 bridgehead atoms. The van der Waals surface area contributed by atoms with E-state index in [0.717, 1.165) is 16.9 Å². The van der Waals surface area contributed by atoms with Gasteiger partial charge in [-0.2, -0.15) is 0 Å². The molecule has 0 spiro atoms. The minimum absolute atomic E-state index is 0.00634. The van der Waals surface area contributed by atoms with Crippen molar-refractivity contribution in [3.05, 3.63) is 96.1 Å². The Morgan fingerprint density at radius 3 is 1.91 bits per heavy atom. The molecule has 1 fully saturated rings. The topological polar surface area (TPSA) is 71.1 Å². The van der Waals surface area contributed by atoms with Crippen LogP contribution in [0.5, 0.6) is 11.5 Å². The molecule has 3 aromatic rings.